The molecule has 2 rings (SSSR count). The van der Waals surface area contributed by atoms with E-state index in [0.29, 0.717) is 21.9 Å². The molecule has 1 heterocycles. The lowest BCUT2D eigenvalue weighted by Gasteiger charge is -2.10. The zero-order valence-electron chi connectivity index (χ0n) is 10.7. The molecule has 0 saturated carbocycles. The van der Waals surface area contributed by atoms with Gasteiger partial charge in [-0.3, -0.25) is 0 Å². The van der Waals surface area contributed by atoms with Crippen LogP contribution in [0.4, 0.5) is 4.39 Å². The Hall–Kier alpha value is -1.07. The number of rotatable bonds is 3. The van der Waals surface area contributed by atoms with Crippen LogP contribution in [-0.4, -0.2) is 9.97 Å². The fraction of sp³-hybridized carbons (Fsp3) is 0.286. The van der Waals surface area contributed by atoms with Crippen LogP contribution in [0, 0.1) is 16.4 Å². The van der Waals surface area contributed by atoms with E-state index in [-0.39, 0.29) is 5.82 Å². The van der Waals surface area contributed by atoms with Gasteiger partial charge < -0.3 is 4.98 Å². The fourth-order valence-corrected chi connectivity index (χ4v) is 2.39. The highest BCUT2D eigenvalue weighted by atomic mass is 79.9. The predicted octanol–water partition coefficient (Wildman–Crippen LogP) is 4.91. The molecule has 0 bridgehead atoms. The molecule has 0 radical (unpaired) electrons. The predicted molar refractivity (Wildman–Crippen MR) is 81.1 cm³/mol. The SMILES string of the molecule is CC(C)Cc1[nH]c(-c2cccc(F)c2)nc(=S)c1Br. The molecule has 0 unspecified atom stereocenters. The molecule has 2 nitrogen and oxygen atoms in total. The van der Waals surface area contributed by atoms with E-state index in [2.05, 4.69) is 39.7 Å². The van der Waals surface area contributed by atoms with Crippen molar-refractivity contribution in [3.8, 4) is 11.4 Å². The van der Waals surface area contributed by atoms with Crippen molar-refractivity contribution in [3.63, 3.8) is 0 Å². The quantitative estimate of drug-likeness (QED) is 0.804. The average molecular weight is 341 g/mol. The van der Waals surface area contributed by atoms with Crippen molar-refractivity contribution in [3.05, 3.63) is 44.9 Å². The molecule has 19 heavy (non-hydrogen) atoms. The molecule has 1 aromatic heterocycles. The van der Waals surface area contributed by atoms with Gasteiger partial charge in [-0.25, -0.2) is 9.37 Å². The second-order valence-corrected chi connectivity index (χ2v) is 5.97. The number of aromatic nitrogens is 2. The van der Waals surface area contributed by atoms with Gasteiger partial charge in [0.15, 0.2) is 0 Å². The molecule has 1 N–H and O–H groups in total. The highest BCUT2D eigenvalue weighted by Crippen LogP contribution is 2.23. The van der Waals surface area contributed by atoms with Crippen molar-refractivity contribution in [2.45, 2.75) is 20.3 Å². The summed E-state index contributed by atoms with van der Waals surface area (Å²) < 4.78 is 14.6. The van der Waals surface area contributed by atoms with Gasteiger partial charge in [-0.1, -0.05) is 38.2 Å². The first-order valence-corrected chi connectivity index (χ1v) is 7.22. The van der Waals surface area contributed by atoms with E-state index in [0.717, 1.165) is 16.6 Å². The third-order valence-corrected chi connectivity index (χ3v) is 4.06. The summed E-state index contributed by atoms with van der Waals surface area (Å²) >= 11 is 8.70. The summed E-state index contributed by atoms with van der Waals surface area (Å²) in [7, 11) is 0. The molecule has 0 aliphatic heterocycles. The van der Waals surface area contributed by atoms with Crippen LogP contribution in [-0.2, 0) is 6.42 Å². The van der Waals surface area contributed by atoms with E-state index < -0.39 is 0 Å². The van der Waals surface area contributed by atoms with Gasteiger partial charge in [-0.15, -0.1) is 0 Å². The number of aromatic amines is 1. The first-order chi connectivity index (χ1) is 8.97. The Morgan fingerprint density at radius 3 is 2.79 bits per heavy atom. The van der Waals surface area contributed by atoms with Gasteiger partial charge in [0.2, 0.25) is 0 Å². The molecular formula is C14H14BrFN2S. The van der Waals surface area contributed by atoms with Gasteiger partial charge >= 0.3 is 0 Å². The van der Waals surface area contributed by atoms with E-state index in [9.17, 15) is 4.39 Å². The molecule has 0 atom stereocenters. The summed E-state index contributed by atoms with van der Waals surface area (Å²) in [5.74, 6) is 0.806. The Bertz CT molecular complexity index is 652. The minimum absolute atomic E-state index is 0.285. The van der Waals surface area contributed by atoms with Crippen LogP contribution < -0.4 is 0 Å². The second kappa shape index (κ2) is 5.92. The highest BCUT2D eigenvalue weighted by Gasteiger charge is 2.10. The van der Waals surface area contributed by atoms with Gasteiger partial charge in [0.1, 0.15) is 16.3 Å². The number of nitrogens with one attached hydrogen (secondary N) is 1. The van der Waals surface area contributed by atoms with Gasteiger partial charge in [-0.2, -0.15) is 0 Å². The lowest BCUT2D eigenvalue weighted by Crippen LogP contribution is -2.02. The molecule has 0 aliphatic carbocycles. The molecule has 100 valence electrons. The van der Waals surface area contributed by atoms with Gasteiger partial charge in [0.25, 0.3) is 0 Å². The molecule has 0 aliphatic rings. The molecular weight excluding hydrogens is 327 g/mol. The van der Waals surface area contributed by atoms with Crippen LogP contribution in [0.15, 0.2) is 28.7 Å². The van der Waals surface area contributed by atoms with Crippen LogP contribution >= 0.6 is 28.1 Å². The molecule has 0 amide bonds. The fourth-order valence-electron chi connectivity index (χ4n) is 1.83. The summed E-state index contributed by atoms with van der Waals surface area (Å²) in [4.78, 5) is 7.53. The Morgan fingerprint density at radius 2 is 2.16 bits per heavy atom. The standard InChI is InChI=1S/C14H14BrFN2S/c1-8(2)6-11-12(15)14(19)18-13(17-11)9-4-3-5-10(16)7-9/h3-5,7-8H,6H2,1-2H3,(H,17,18,19). The maximum atomic E-state index is 13.3. The molecule has 0 fully saturated rings. The maximum absolute atomic E-state index is 13.3. The van der Waals surface area contributed by atoms with Crippen LogP contribution in [0.1, 0.15) is 19.5 Å². The zero-order valence-corrected chi connectivity index (χ0v) is 13.1. The number of nitrogens with zero attached hydrogens (tertiary/aromatic N) is 1. The van der Waals surface area contributed by atoms with Crippen molar-refractivity contribution >= 4 is 28.1 Å². The monoisotopic (exact) mass is 340 g/mol. The second-order valence-electron chi connectivity index (χ2n) is 4.79. The Balaban J connectivity index is 2.53. The average Bonchev–Trinajstić information content (AvgIpc) is 2.34. The lowest BCUT2D eigenvalue weighted by molar-refractivity contribution is 0.626. The topological polar surface area (TPSA) is 28.7 Å². The van der Waals surface area contributed by atoms with Gasteiger partial charge in [0.05, 0.1) is 4.47 Å². The number of hydrogen-bond donors (Lipinski definition) is 1. The number of halogens is 2. The molecule has 1 aromatic carbocycles. The summed E-state index contributed by atoms with van der Waals surface area (Å²) in [6.45, 7) is 4.26. The van der Waals surface area contributed by atoms with E-state index in [4.69, 9.17) is 12.2 Å². The van der Waals surface area contributed by atoms with Crippen LogP contribution in [0.3, 0.4) is 0 Å². The van der Waals surface area contributed by atoms with Crippen molar-refractivity contribution in [2.24, 2.45) is 5.92 Å². The van der Waals surface area contributed by atoms with E-state index in [1.807, 2.05) is 6.07 Å². The summed E-state index contributed by atoms with van der Waals surface area (Å²) in [6.07, 6.45) is 0.856. The van der Waals surface area contributed by atoms with Crippen molar-refractivity contribution < 1.29 is 4.39 Å². The minimum atomic E-state index is -0.285. The smallest absolute Gasteiger partial charge is 0.144 e. The van der Waals surface area contributed by atoms with Crippen molar-refractivity contribution in [2.75, 3.05) is 0 Å². The minimum Gasteiger partial charge on any atom is -0.342 e. The largest absolute Gasteiger partial charge is 0.342 e. The number of benzene rings is 1. The lowest BCUT2D eigenvalue weighted by atomic mass is 10.1. The maximum Gasteiger partial charge on any atom is 0.144 e. The molecule has 0 spiro atoms. The van der Waals surface area contributed by atoms with Crippen molar-refractivity contribution in [1.82, 2.24) is 9.97 Å². The summed E-state index contributed by atoms with van der Waals surface area (Å²) in [5, 5.41) is 0. The van der Waals surface area contributed by atoms with Crippen molar-refractivity contribution in [1.29, 1.82) is 0 Å². The van der Waals surface area contributed by atoms with Gasteiger partial charge in [0, 0.05) is 11.3 Å². The zero-order chi connectivity index (χ0) is 14.0. The third-order valence-electron chi connectivity index (χ3n) is 2.65. The van der Waals surface area contributed by atoms with Crippen LogP contribution in [0.25, 0.3) is 11.4 Å². The summed E-state index contributed by atoms with van der Waals surface area (Å²) in [6, 6.07) is 6.32. The number of hydrogen-bond acceptors (Lipinski definition) is 2. The van der Waals surface area contributed by atoms with Gasteiger partial charge in [-0.05, 0) is 40.4 Å². The van der Waals surface area contributed by atoms with Crippen LogP contribution in [0.5, 0.6) is 0 Å². The molecule has 0 saturated heterocycles. The highest BCUT2D eigenvalue weighted by molar-refractivity contribution is 9.10. The van der Waals surface area contributed by atoms with E-state index >= 15 is 0 Å². The normalized spacial score (nSPS) is 11.0. The Labute approximate surface area is 125 Å². The third kappa shape index (κ3) is 3.48. The Morgan fingerprint density at radius 1 is 1.42 bits per heavy atom. The Kier molecular flexibility index (Phi) is 4.47. The first-order valence-electron chi connectivity index (χ1n) is 6.02. The summed E-state index contributed by atoms with van der Waals surface area (Å²) in [5.41, 5.74) is 1.69. The van der Waals surface area contributed by atoms with Crippen LogP contribution in [0.2, 0.25) is 0 Å². The van der Waals surface area contributed by atoms with E-state index in [1.54, 1.807) is 6.07 Å². The van der Waals surface area contributed by atoms with E-state index in [1.165, 1.54) is 12.1 Å². The molecule has 2 aromatic rings. The number of H-pyrrole nitrogens is 1. The first kappa shape index (κ1) is 14.3. The molecule has 5 heteroatoms.